The van der Waals surface area contributed by atoms with Crippen molar-refractivity contribution in [1.29, 1.82) is 0 Å². The Balaban J connectivity index is 2.64. The number of hydrogen-bond donors (Lipinski definition) is 1. The second-order valence-corrected chi connectivity index (χ2v) is 4.56. The number of ether oxygens (including phenoxy) is 3. The molecule has 1 N–H and O–H groups in total. The molecule has 0 aliphatic carbocycles. The Morgan fingerprint density at radius 1 is 0.905 bits per heavy atom. The monoisotopic (exact) mass is 285 g/mol. The summed E-state index contributed by atoms with van der Waals surface area (Å²) in [6, 6.07) is 9.07. The van der Waals surface area contributed by atoms with Gasteiger partial charge in [0.2, 0.25) is 0 Å². The van der Waals surface area contributed by atoms with Crippen LogP contribution in [0, 0.1) is 0 Å². The van der Waals surface area contributed by atoms with Crippen molar-refractivity contribution in [2.75, 3.05) is 21.3 Å². The van der Waals surface area contributed by atoms with Gasteiger partial charge in [-0.15, -0.1) is 0 Å². The largest absolute Gasteiger partial charge is 0.494 e. The van der Waals surface area contributed by atoms with Crippen LogP contribution in [0.3, 0.4) is 0 Å². The van der Waals surface area contributed by atoms with E-state index in [-0.39, 0.29) is 5.56 Å². The van der Waals surface area contributed by atoms with Gasteiger partial charge in [0.25, 0.3) is 5.56 Å². The quantitative estimate of drug-likeness (QED) is 0.752. The molecule has 0 aliphatic heterocycles. The highest BCUT2D eigenvalue weighted by Crippen LogP contribution is 2.42. The lowest BCUT2D eigenvalue weighted by Crippen LogP contribution is -2.08. The van der Waals surface area contributed by atoms with Crippen LogP contribution in [0.2, 0.25) is 0 Å². The third-order valence-corrected chi connectivity index (χ3v) is 3.53. The van der Waals surface area contributed by atoms with Crippen LogP contribution in [0.25, 0.3) is 21.7 Å². The average Bonchev–Trinajstić information content (AvgIpc) is 2.53. The molecule has 0 unspecified atom stereocenters. The van der Waals surface area contributed by atoms with E-state index in [2.05, 4.69) is 4.98 Å². The van der Waals surface area contributed by atoms with E-state index in [1.54, 1.807) is 33.5 Å². The van der Waals surface area contributed by atoms with Crippen molar-refractivity contribution in [2.45, 2.75) is 0 Å². The van der Waals surface area contributed by atoms with E-state index in [0.29, 0.717) is 28.2 Å². The first-order valence-corrected chi connectivity index (χ1v) is 6.45. The van der Waals surface area contributed by atoms with Crippen LogP contribution in [-0.2, 0) is 0 Å². The first kappa shape index (κ1) is 13.3. The summed E-state index contributed by atoms with van der Waals surface area (Å²) in [7, 11) is 4.69. The van der Waals surface area contributed by atoms with Crippen molar-refractivity contribution in [2.24, 2.45) is 0 Å². The first-order valence-electron chi connectivity index (χ1n) is 6.45. The summed E-state index contributed by atoms with van der Waals surface area (Å²) in [5.74, 6) is 1.66. The van der Waals surface area contributed by atoms with Crippen molar-refractivity contribution >= 4 is 21.7 Å². The number of fused-ring (bicyclic) bond motifs is 3. The number of aromatic amines is 1. The molecule has 0 fully saturated rings. The van der Waals surface area contributed by atoms with E-state index < -0.39 is 0 Å². The number of aromatic nitrogens is 1. The van der Waals surface area contributed by atoms with E-state index in [4.69, 9.17) is 14.2 Å². The van der Waals surface area contributed by atoms with Gasteiger partial charge in [0, 0.05) is 16.8 Å². The molecule has 0 bridgehead atoms. The maximum atomic E-state index is 12.2. The minimum absolute atomic E-state index is 0.163. The van der Waals surface area contributed by atoms with E-state index in [9.17, 15) is 4.79 Å². The van der Waals surface area contributed by atoms with Gasteiger partial charge in [-0.05, 0) is 6.07 Å². The number of benzene rings is 2. The van der Waals surface area contributed by atoms with E-state index in [1.807, 2.05) is 18.2 Å². The number of rotatable bonds is 3. The minimum atomic E-state index is -0.163. The molecule has 1 aromatic heterocycles. The zero-order valence-electron chi connectivity index (χ0n) is 12.0. The highest BCUT2D eigenvalue weighted by molar-refractivity contribution is 6.11. The zero-order chi connectivity index (χ0) is 15.0. The van der Waals surface area contributed by atoms with Gasteiger partial charge in [0.05, 0.1) is 32.2 Å². The molecule has 5 nitrogen and oxygen atoms in total. The minimum Gasteiger partial charge on any atom is -0.494 e. The Morgan fingerprint density at radius 3 is 2.19 bits per heavy atom. The van der Waals surface area contributed by atoms with Crippen molar-refractivity contribution in [1.82, 2.24) is 4.98 Å². The fraction of sp³-hybridized carbons (Fsp3) is 0.188. The van der Waals surface area contributed by atoms with Gasteiger partial charge in [0.15, 0.2) is 11.5 Å². The molecule has 0 radical (unpaired) electrons. The van der Waals surface area contributed by atoms with Gasteiger partial charge in [0.1, 0.15) is 5.75 Å². The molecule has 0 aliphatic rings. The number of hydrogen-bond acceptors (Lipinski definition) is 4. The summed E-state index contributed by atoms with van der Waals surface area (Å²) < 4.78 is 16.2. The number of H-pyrrole nitrogens is 1. The molecule has 21 heavy (non-hydrogen) atoms. The Labute approximate surface area is 121 Å². The maximum absolute atomic E-state index is 12.2. The molecule has 3 aromatic rings. The number of methoxy groups -OCH3 is 3. The first-order chi connectivity index (χ1) is 10.2. The predicted molar refractivity (Wildman–Crippen MR) is 81.7 cm³/mol. The third-order valence-electron chi connectivity index (χ3n) is 3.53. The SMILES string of the molecule is COc1cc(OC)c2[nH]c(=O)c3ccccc3c2c1OC. The lowest BCUT2D eigenvalue weighted by atomic mass is 10.0. The lowest BCUT2D eigenvalue weighted by Gasteiger charge is -2.15. The molecular weight excluding hydrogens is 270 g/mol. The fourth-order valence-electron chi connectivity index (χ4n) is 2.59. The Kier molecular flexibility index (Phi) is 3.17. The smallest absolute Gasteiger partial charge is 0.256 e. The molecule has 0 atom stereocenters. The molecule has 0 saturated carbocycles. The van der Waals surface area contributed by atoms with Crippen molar-refractivity contribution in [3.63, 3.8) is 0 Å². The molecule has 108 valence electrons. The summed E-state index contributed by atoms with van der Waals surface area (Å²) in [4.78, 5) is 15.1. The van der Waals surface area contributed by atoms with Crippen molar-refractivity contribution in [3.8, 4) is 17.2 Å². The second kappa shape index (κ2) is 5.01. The summed E-state index contributed by atoms with van der Waals surface area (Å²) in [6.07, 6.45) is 0. The topological polar surface area (TPSA) is 60.5 Å². The highest BCUT2D eigenvalue weighted by Gasteiger charge is 2.18. The van der Waals surface area contributed by atoms with Crippen LogP contribution in [0.5, 0.6) is 17.2 Å². The molecule has 2 aromatic carbocycles. The van der Waals surface area contributed by atoms with Crippen LogP contribution in [-0.4, -0.2) is 26.3 Å². The Bertz CT molecular complexity index is 883. The van der Waals surface area contributed by atoms with Crippen LogP contribution >= 0.6 is 0 Å². The lowest BCUT2D eigenvalue weighted by molar-refractivity contribution is 0.353. The molecule has 5 heteroatoms. The van der Waals surface area contributed by atoms with Gasteiger partial charge < -0.3 is 19.2 Å². The van der Waals surface area contributed by atoms with Gasteiger partial charge in [-0.25, -0.2) is 0 Å². The molecule has 0 amide bonds. The zero-order valence-corrected chi connectivity index (χ0v) is 12.0. The van der Waals surface area contributed by atoms with E-state index >= 15 is 0 Å². The number of pyridine rings is 1. The van der Waals surface area contributed by atoms with Crippen molar-refractivity contribution < 1.29 is 14.2 Å². The van der Waals surface area contributed by atoms with Gasteiger partial charge in [-0.1, -0.05) is 18.2 Å². The maximum Gasteiger partial charge on any atom is 0.256 e. The van der Waals surface area contributed by atoms with Gasteiger partial charge >= 0.3 is 0 Å². The Morgan fingerprint density at radius 2 is 1.57 bits per heavy atom. The Hall–Kier alpha value is -2.69. The van der Waals surface area contributed by atoms with Crippen LogP contribution in [0.4, 0.5) is 0 Å². The highest BCUT2D eigenvalue weighted by atomic mass is 16.5. The summed E-state index contributed by atoms with van der Waals surface area (Å²) >= 11 is 0. The van der Waals surface area contributed by atoms with Gasteiger partial charge in [-0.2, -0.15) is 0 Å². The molecule has 3 rings (SSSR count). The van der Waals surface area contributed by atoms with Crippen LogP contribution < -0.4 is 19.8 Å². The predicted octanol–water partition coefficient (Wildman–Crippen LogP) is 2.71. The molecule has 0 saturated heterocycles. The van der Waals surface area contributed by atoms with Gasteiger partial charge in [-0.3, -0.25) is 4.79 Å². The summed E-state index contributed by atoms with van der Waals surface area (Å²) in [6.45, 7) is 0. The molecule has 0 spiro atoms. The molecular formula is C16H15NO4. The van der Waals surface area contributed by atoms with Crippen molar-refractivity contribution in [3.05, 3.63) is 40.7 Å². The normalized spacial score (nSPS) is 10.8. The standard InChI is InChI=1S/C16H15NO4/c1-19-11-8-12(20-2)15(21-3)13-9-6-4-5-7-10(9)16(18)17-14(11)13/h4-8H,1-3H3,(H,17,18). The second-order valence-electron chi connectivity index (χ2n) is 4.56. The summed E-state index contributed by atoms with van der Waals surface area (Å²) in [5.41, 5.74) is 0.433. The van der Waals surface area contributed by atoms with E-state index in [0.717, 1.165) is 10.8 Å². The number of nitrogens with one attached hydrogen (secondary N) is 1. The van der Waals surface area contributed by atoms with E-state index in [1.165, 1.54) is 0 Å². The third kappa shape index (κ3) is 1.89. The molecule has 1 heterocycles. The fourth-order valence-corrected chi connectivity index (χ4v) is 2.59. The van der Waals surface area contributed by atoms with Crippen LogP contribution in [0.15, 0.2) is 35.1 Å². The average molecular weight is 285 g/mol. The van der Waals surface area contributed by atoms with Crippen LogP contribution in [0.1, 0.15) is 0 Å². The summed E-state index contributed by atoms with van der Waals surface area (Å²) in [5, 5.41) is 2.16.